The van der Waals surface area contributed by atoms with E-state index < -0.39 is 6.04 Å². The van der Waals surface area contributed by atoms with Crippen molar-refractivity contribution in [2.24, 2.45) is 0 Å². The van der Waals surface area contributed by atoms with Crippen molar-refractivity contribution < 1.29 is 9.59 Å². The lowest BCUT2D eigenvalue weighted by molar-refractivity contribution is -0.146. The fourth-order valence-corrected chi connectivity index (χ4v) is 2.06. The summed E-state index contributed by atoms with van der Waals surface area (Å²) in [5.74, 6) is -0.400. The molecule has 0 aromatic heterocycles. The van der Waals surface area contributed by atoms with Crippen molar-refractivity contribution in [2.45, 2.75) is 18.9 Å². The topological polar surface area (TPSA) is 75.4 Å². The van der Waals surface area contributed by atoms with E-state index in [4.69, 9.17) is 17.3 Å². The number of nitrogens with two attached hydrogens (primary N) is 1. The molecule has 0 aliphatic carbocycles. The van der Waals surface area contributed by atoms with Gasteiger partial charge in [0.15, 0.2) is 0 Å². The Kier molecular flexibility index (Phi) is 3.43. The molecule has 1 heterocycles. The van der Waals surface area contributed by atoms with Crippen LogP contribution in [0.3, 0.4) is 0 Å². The number of likely N-dealkylation sites (tertiary alicyclic amines) is 1. The van der Waals surface area contributed by atoms with Crippen LogP contribution in [0.5, 0.6) is 0 Å². The molecule has 2 rings (SSSR count). The standard InChI is InChI=1S/C12H14ClN3O2/c1-16-11(17)5-4-9(12(16)18)15-10-6-7(13)2-3-8(10)14/h2-3,6,9,15H,4-5,14H2,1H3. The first-order chi connectivity index (χ1) is 8.49. The number of anilines is 2. The normalized spacial score (nSPS) is 20.1. The third-order valence-electron chi connectivity index (χ3n) is 2.99. The van der Waals surface area contributed by atoms with E-state index in [1.165, 1.54) is 7.05 Å². The van der Waals surface area contributed by atoms with Gasteiger partial charge in [0.25, 0.3) is 5.91 Å². The summed E-state index contributed by atoms with van der Waals surface area (Å²) in [4.78, 5) is 24.4. The molecule has 0 spiro atoms. The predicted octanol–water partition coefficient (Wildman–Crippen LogP) is 1.48. The lowest BCUT2D eigenvalue weighted by atomic mass is 10.0. The number of hydrogen-bond donors (Lipinski definition) is 2. The van der Waals surface area contributed by atoms with Gasteiger partial charge in [0.2, 0.25) is 5.91 Å². The molecule has 1 aliphatic rings. The van der Waals surface area contributed by atoms with E-state index in [9.17, 15) is 9.59 Å². The average Bonchev–Trinajstić information content (AvgIpc) is 2.34. The molecule has 1 aromatic carbocycles. The highest BCUT2D eigenvalue weighted by molar-refractivity contribution is 6.31. The largest absolute Gasteiger partial charge is 0.397 e. The summed E-state index contributed by atoms with van der Waals surface area (Å²) in [6, 6.07) is 4.59. The summed E-state index contributed by atoms with van der Waals surface area (Å²) >= 11 is 5.88. The van der Waals surface area contributed by atoms with E-state index in [0.717, 1.165) is 4.90 Å². The van der Waals surface area contributed by atoms with Gasteiger partial charge in [-0.25, -0.2) is 0 Å². The minimum Gasteiger partial charge on any atom is -0.397 e. The van der Waals surface area contributed by atoms with Crippen LogP contribution < -0.4 is 11.1 Å². The van der Waals surface area contributed by atoms with Crippen LogP contribution in [0.15, 0.2) is 18.2 Å². The monoisotopic (exact) mass is 267 g/mol. The fraction of sp³-hybridized carbons (Fsp3) is 0.333. The first-order valence-corrected chi connectivity index (χ1v) is 5.99. The second kappa shape index (κ2) is 4.86. The van der Waals surface area contributed by atoms with Crippen molar-refractivity contribution in [3.05, 3.63) is 23.2 Å². The van der Waals surface area contributed by atoms with Gasteiger partial charge in [0, 0.05) is 18.5 Å². The van der Waals surface area contributed by atoms with Gasteiger partial charge < -0.3 is 11.1 Å². The molecule has 1 aliphatic heterocycles. The van der Waals surface area contributed by atoms with Crippen LogP contribution in [0, 0.1) is 0 Å². The molecule has 1 saturated heterocycles. The molecular formula is C12H14ClN3O2. The highest BCUT2D eigenvalue weighted by Crippen LogP contribution is 2.25. The summed E-state index contributed by atoms with van der Waals surface area (Å²) in [6.07, 6.45) is 0.814. The number of carbonyl (C=O) groups excluding carboxylic acids is 2. The Bertz CT molecular complexity index is 504. The van der Waals surface area contributed by atoms with Crippen LogP contribution in [0.4, 0.5) is 11.4 Å². The maximum absolute atomic E-state index is 11.9. The molecule has 1 aromatic rings. The number of hydrogen-bond acceptors (Lipinski definition) is 4. The summed E-state index contributed by atoms with van der Waals surface area (Å²) < 4.78 is 0. The molecule has 0 radical (unpaired) electrons. The van der Waals surface area contributed by atoms with Crippen molar-refractivity contribution in [1.82, 2.24) is 4.90 Å². The Morgan fingerprint density at radius 2 is 2.17 bits per heavy atom. The zero-order valence-electron chi connectivity index (χ0n) is 9.94. The van der Waals surface area contributed by atoms with Gasteiger partial charge in [-0.3, -0.25) is 14.5 Å². The van der Waals surface area contributed by atoms with E-state index in [1.807, 2.05) is 0 Å². The minimum absolute atomic E-state index is 0.155. The molecule has 0 saturated carbocycles. The first kappa shape index (κ1) is 12.7. The summed E-state index contributed by atoms with van der Waals surface area (Å²) in [6.45, 7) is 0. The fourth-order valence-electron chi connectivity index (χ4n) is 1.89. The number of nitrogens with zero attached hydrogens (tertiary/aromatic N) is 1. The van der Waals surface area contributed by atoms with Gasteiger partial charge in [-0.2, -0.15) is 0 Å². The van der Waals surface area contributed by atoms with E-state index in [0.29, 0.717) is 29.2 Å². The maximum Gasteiger partial charge on any atom is 0.251 e. The molecule has 0 bridgehead atoms. The SMILES string of the molecule is CN1C(=O)CCC(Nc2cc(Cl)ccc2N)C1=O. The Morgan fingerprint density at radius 3 is 2.89 bits per heavy atom. The molecule has 1 fully saturated rings. The van der Waals surface area contributed by atoms with Crippen LogP contribution in [0.25, 0.3) is 0 Å². The maximum atomic E-state index is 11.9. The molecule has 18 heavy (non-hydrogen) atoms. The number of nitrogens with one attached hydrogen (secondary N) is 1. The quantitative estimate of drug-likeness (QED) is 0.629. The number of benzene rings is 1. The molecule has 3 N–H and O–H groups in total. The smallest absolute Gasteiger partial charge is 0.251 e. The average molecular weight is 268 g/mol. The Morgan fingerprint density at radius 1 is 1.44 bits per heavy atom. The number of carbonyl (C=O) groups is 2. The minimum atomic E-state index is -0.437. The van der Waals surface area contributed by atoms with E-state index in [-0.39, 0.29) is 11.8 Å². The first-order valence-electron chi connectivity index (χ1n) is 5.61. The van der Waals surface area contributed by atoms with Crippen LogP contribution in [-0.4, -0.2) is 29.8 Å². The molecule has 1 atom stereocenters. The van der Waals surface area contributed by atoms with Crippen molar-refractivity contribution in [2.75, 3.05) is 18.1 Å². The third-order valence-corrected chi connectivity index (χ3v) is 3.23. The van der Waals surface area contributed by atoms with Gasteiger partial charge in [0.1, 0.15) is 6.04 Å². The summed E-state index contributed by atoms with van der Waals surface area (Å²) in [7, 11) is 1.49. The number of likely N-dealkylation sites (N-methyl/N-ethyl adjacent to an activating group) is 1. The number of imide groups is 1. The lowest BCUT2D eigenvalue weighted by Gasteiger charge is -2.29. The second-order valence-corrected chi connectivity index (χ2v) is 4.69. The predicted molar refractivity (Wildman–Crippen MR) is 70.3 cm³/mol. The number of amides is 2. The van der Waals surface area contributed by atoms with Gasteiger partial charge in [-0.15, -0.1) is 0 Å². The van der Waals surface area contributed by atoms with Crippen LogP contribution in [-0.2, 0) is 9.59 Å². The molecule has 6 heteroatoms. The number of halogens is 1. The number of nitrogen functional groups attached to an aromatic ring is 1. The summed E-state index contributed by atoms with van der Waals surface area (Å²) in [5, 5.41) is 3.58. The van der Waals surface area contributed by atoms with Crippen molar-refractivity contribution in [3.8, 4) is 0 Å². The van der Waals surface area contributed by atoms with Gasteiger partial charge >= 0.3 is 0 Å². The highest BCUT2D eigenvalue weighted by atomic mass is 35.5. The Labute approximate surface area is 110 Å². The van der Waals surface area contributed by atoms with Gasteiger partial charge in [-0.1, -0.05) is 11.6 Å². The molecular weight excluding hydrogens is 254 g/mol. The van der Waals surface area contributed by atoms with E-state index in [1.54, 1.807) is 18.2 Å². The highest BCUT2D eigenvalue weighted by Gasteiger charge is 2.31. The molecule has 2 amide bonds. The van der Waals surface area contributed by atoms with Crippen LogP contribution in [0.2, 0.25) is 5.02 Å². The zero-order chi connectivity index (χ0) is 13.3. The van der Waals surface area contributed by atoms with E-state index in [2.05, 4.69) is 5.32 Å². The van der Waals surface area contributed by atoms with Crippen LogP contribution >= 0.6 is 11.6 Å². The molecule has 5 nitrogen and oxygen atoms in total. The zero-order valence-corrected chi connectivity index (χ0v) is 10.7. The van der Waals surface area contributed by atoms with E-state index >= 15 is 0 Å². The van der Waals surface area contributed by atoms with Crippen LogP contribution in [0.1, 0.15) is 12.8 Å². The van der Waals surface area contributed by atoms with Gasteiger partial charge in [-0.05, 0) is 24.6 Å². The molecule has 96 valence electrons. The second-order valence-electron chi connectivity index (χ2n) is 4.26. The third kappa shape index (κ3) is 2.41. The van der Waals surface area contributed by atoms with Crippen molar-refractivity contribution in [1.29, 1.82) is 0 Å². The molecule has 1 unspecified atom stereocenters. The lowest BCUT2D eigenvalue weighted by Crippen LogP contribution is -2.48. The number of rotatable bonds is 2. The van der Waals surface area contributed by atoms with Gasteiger partial charge in [0.05, 0.1) is 11.4 Å². The summed E-state index contributed by atoms with van der Waals surface area (Å²) in [5.41, 5.74) is 6.94. The van der Waals surface area contributed by atoms with Crippen molar-refractivity contribution in [3.63, 3.8) is 0 Å². The van der Waals surface area contributed by atoms with Crippen molar-refractivity contribution >= 4 is 34.8 Å². The Balaban J connectivity index is 2.16. The Hall–Kier alpha value is -1.75. The number of piperidine rings is 1.